The molecule has 1 heterocycles. The van der Waals surface area contributed by atoms with Crippen LogP contribution in [0.3, 0.4) is 0 Å². The van der Waals surface area contributed by atoms with E-state index in [0.717, 1.165) is 12.3 Å². The van der Waals surface area contributed by atoms with E-state index >= 15 is 0 Å². The number of nitrogens with zero attached hydrogens (tertiary/aromatic N) is 3. The van der Waals surface area contributed by atoms with Gasteiger partial charge in [0.15, 0.2) is 5.96 Å². The summed E-state index contributed by atoms with van der Waals surface area (Å²) in [5.74, 6) is 0.538. The van der Waals surface area contributed by atoms with Crippen LogP contribution in [-0.4, -0.2) is 55.3 Å². The third-order valence-corrected chi connectivity index (χ3v) is 3.66. The van der Waals surface area contributed by atoms with Crippen LogP contribution in [-0.2, 0) is 10.9 Å². The van der Waals surface area contributed by atoms with Crippen LogP contribution in [0.5, 0.6) is 0 Å². The van der Waals surface area contributed by atoms with Crippen molar-refractivity contribution in [1.29, 1.82) is 0 Å². The summed E-state index contributed by atoms with van der Waals surface area (Å²) in [6.45, 7) is 10.1. The van der Waals surface area contributed by atoms with Gasteiger partial charge in [-0.2, -0.15) is 13.2 Å². The van der Waals surface area contributed by atoms with Crippen LogP contribution in [0.1, 0.15) is 33.4 Å². The first kappa shape index (κ1) is 22.9. The number of nitrogens with one attached hydrogen (secondary N) is 3. The third-order valence-electron chi connectivity index (χ3n) is 3.66. The molecule has 0 aliphatic heterocycles. The smallest absolute Gasteiger partial charge is 0.379 e. The fourth-order valence-corrected chi connectivity index (χ4v) is 2.17. The highest BCUT2D eigenvalue weighted by molar-refractivity contribution is 5.79. The maximum absolute atomic E-state index is 12.6. The number of hydrogen-bond donors (Lipinski definition) is 3. The van der Waals surface area contributed by atoms with Crippen molar-refractivity contribution in [3.63, 3.8) is 0 Å². The second kappa shape index (κ2) is 10.3. The van der Waals surface area contributed by atoms with Crippen molar-refractivity contribution in [2.24, 2.45) is 10.4 Å². The number of guanidine groups is 1. The first-order valence-corrected chi connectivity index (χ1v) is 8.77. The molecule has 1 aromatic heterocycles. The van der Waals surface area contributed by atoms with Crippen LogP contribution in [0.4, 0.5) is 19.1 Å². The summed E-state index contributed by atoms with van der Waals surface area (Å²) in [4.78, 5) is 11.8. The van der Waals surface area contributed by atoms with Crippen molar-refractivity contribution < 1.29 is 17.9 Å². The number of alkyl halides is 3. The van der Waals surface area contributed by atoms with E-state index in [2.05, 4.69) is 51.7 Å². The van der Waals surface area contributed by atoms with Crippen LogP contribution in [0.15, 0.2) is 17.3 Å². The highest BCUT2D eigenvalue weighted by Crippen LogP contribution is 2.27. The molecule has 0 spiro atoms. The molecule has 0 bridgehead atoms. The second-order valence-corrected chi connectivity index (χ2v) is 6.93. The predicted molar refractivity (Wildman–Crippen MR) is 99.8 cm³/mol. The zero-order valence-electron chi connectivity index (χ0n) is 16.4. The molecule has 0 saturated carbocycles. The molecule has 0 aromatic carbocycles. The lowest BCUT2D eigenvalue weighted by atomic mass is 9.89. The Morgan fingerprint density at radius 1 is 1.22 bits per heavy atom. The first-order chi connectivity index (χ1) is 12.6. The van der Waals surface area contributed by atoms with E-state index in [-0.39, 0.29) is 17.5 Å². The summed E-state index contributed by atoms with van der Waals surface area (Å²) in [6, 6.07) is 0.834. The molecule has 7 nitrogen and oxygen atoms in total. The Balaban J connectivity index is 2.55. The van der Waals surface area contributed by atoms with Gasteiger partial charge in [-0.3, -0.25) is 4.99 Å². The van der Waals surface area contributed by atoms with Crippen LogP contribution < -0.4 is 16.0 Å². The van der Waals surface area contributed by atoms with Crippen LogP contribution >= 0.6 is 0 Å². The van der Waals surface area contributed by atoms with Crippen LogP contribution in [0.2, 0.25) is 0 Å². The van der Waals surface area contributed by atoms with Gasteiger partial charge in [-0.1, -0.05) is 20.8 Å². The molecule has 0 aliphatic carbocycles. The summed E-state index contributed by atoms with van der Waals surface area (Å²) in [5, 5.41) is 8.99. The predicted octanol–water partition coefficient (Wildman–Crippen LogP) is 2.52. The van der Waals surface area contributed by atoms with Crippen molar-refractivity contribution in [3.8, 4) is 0 Å². The van der Waals surface area contributed by atoms with Gasteiger partial charge in [-0.25, -0.2) is 9.97 Å². The Bertz CT molecular complexity index is 601. The van der Waals surface area contributed by atoms with Gasteiger partial charge < -0.3 is 20.7 Å². The molecular formula is C17H29F3N6O. The van der Waals surface area contributed by atoms with E-state index in [1.165, 1.54) is 0 Å². The maximum atomic E-state index is 12.6. The maximum Gasteiger partial charge on any atom is 0.433 e. The fourth-order valence-electron chi connectivity index (χ4n) is 2.17. The van der Waals surface area contributed by atoms with Crippen molar-refractivity contribution in [2.45, 2.75) is 40.0 Å². The van der Waals surface area contributed by atoms with Crippen molar-refractivity contribution in [3.05, 3.63) is 18.0 Å². The Labute approximate surface area is 158 Å². The van der Waals surface area contributed by atoms with Crippen LogP contribution in [0.25, 0.3) is 0 Å². The molecule has 1 aromatic rings. The van der Waals surface area contributed by atoms with Gasteiger partial charge in [-0.15, -0.1) is 0 Å². The SMILES string of the molecule is CCNC(=NCC(OC)C(C)(C)C)NCCNc1nccc(C(F)(F)F)n1. The number of aliphatic imine (C=N–C) groups is 1. The number of aromatic nitrogens is 2. The normalized spacial score (nSPS) is 14.0. The topological polar surface area (TPSA) is 83.5 Å². The molecule has 3 N–H and O–H groups in total. The number of methoxy groups -OCH3 is 1. The standard InChI is InChI=1S/C17H29F3N6O/c1-6-21-14(25-11-13(27-5)16(2,3)4)23-9-10-24-15-22-8-7-12(26-15)17(18,19)20/h7-8,13H,6,9-11H2,1-5H3,(H2,21,23,25)(H,22,24,26). The highest BCUT2D eigenvalue weighted by Gasteiger charge is 2.32. The average molecular weight is 390 g/mol. The minimum atomic E-state index is -4.49. The van der Waals surface area contributed by atoms with Crippen molar-refractivity contribution in [1.82, 2.24) is 20.6 Å². The number of hydrogen-bond acceptors (Lipinski definition) is 5. The monoisotopic (exact) mass is 390 g/mol. The van der Waals surface area contributed by atoms with E-state index in [4.69, 9.17) is 4.74 Å². The average Bonchev–Trinajstić information content (AvgIpc) is 2.57. The highest BCUT2D eigenvalue weighted by atomic mass is 19.4. The molecule has 10 heteroatoms. The van der Waals surface area contributed by atoms with Gasteiger partial charge in [0.2, 0.25) is 5.95 Å². The van der Waals surface area contributed by atoms with Gasteiger partial charge >= 0.3 is 6.18 Å². The van der Waals surface area contributed by atoms with Crippen molar-refractivity contribution >= 4 is 11.9 Å². The molecule has 0 fully saturated rings. The van der Waals surface area contributed by atoms with Gasteiger partial charge in [0.25, 0.3) is 0 Å². The van der Waals surface area contributed by atoms with Crippen molar-refractivity contribution in [2.75, 3.05) is 38.6 Å². The number of ether oxygens (including phenoxy) is 1. The van der Waals surface area contributed by atoms with E-state index in [9.17, 15) is 13.2 Å². The second-order valence-electron chi connectivity index (χ2n) is 6.93. The quantitative estimate of drug-likeness (QED) is 0.359. The Morgan fingerprint density at radius 2 is 1.93 bits per heavy atom. The third kappa shape index (κ3) is 8.42. The summed E-state index contributed by atoms with van der Waals surface area (Å²) in [6.07, 6.45) is -3.45. The Morgan fingerprint density at radius 3 is 2.48 bits per heavy atom. The van der Waals surface area contributed by atoms with Gasteiger partial charge in [0.1, 0.15) is 5.69 Å². The number of anilines is 1. The molecule has 27 heavy (non-hydrogen) atoms. The minimum Gasteiger partial charge on any atom is -0.379 e. The first-order valence-electron chi connectivity index (χ1n) is 8.77. The zero-order valence-corrected chi connectivity index (χ0v) is 16.4. The largest absolute Gasteiger partial charge is 0.433 e. The lowest BCUT2D eigenvalue weighted by Crippen LogP contribution is -2.41. The van der Waals surface area contributed by atoms with Crippen LogP contribution in [0, 0.1) is 5.41 Å². The minimum absolute atomic E-state index is 0.0374. The lowest BCUT2D eigenvalue weighted by molar-refractivity contribution is -0.141. The molecule has 1 unspecified atom stereocenters. The number of rotatable bonds is 8. The van der Waals surface area contributed by atoms with E-state index in [1.807, 2.05) is 6.92 Å². The van der Waals surface area contributed by atoms with E-state index in [1.54, 1.807) is 7.11 Å². The Kier molecular flexibility index (Phi) is 8.74. The summed E-state index contributed by atoms with van der Waals surface area (Å²) in [5.41, 5.74) is -1.02. The fraction of sp³-hybridized carbons (Fsp3) is 0.706. The molecule has 1 atom stereocenters. The zero-order chi connectivity index (χ0) is 20.5. The molecule has 1 rings (SSSR count). The van der Waals surface area contributed by atoms with Gasteiger partial charge in [-0.05, 0) is 18.4 Å². The molecule has 154 valence electrons. The molecule has 0 radical (unpaired) electrons. The molecular weight excluding hydrogens is 361 g/mol. The number of halogens is 3. The summed E-state index contributed by atoms with van der Waals surface area (Å²) in [7, 11) is 1.66. The van der Waals surface area contributed by atoms with E-state index < -0.39 is 11.9 Å². The van der Waals surface area contributed by atoms with Gasteiger partial charge in [0.05, 0.1) is 12.6 Å². The van der Waals surface area contributed by atoms with E-state index in [0.29, 0.717) is 32.1 Å². The van der Waals surface area contributed by atoms with Gasteiger partial charge in [0, 0.05) is 32.9 Å². The summed E-state index contributed by atoms with van der Waals surface area (Å²) >= 11 is 0. The lowest BCUT2D eigenvalue weighted by Gasteiger charge is -2.28. The Hall–Kier alpha value is -2.10. The molecule has 0 saturated heterocycles. The molecule has 0 amide bonds. The molecule has 0 aliphatic rings. The summed E-state index contributed by atoms with van der Waals surface area (Å²) < 4.78 is 43.4.